The van der Waals surface area contributed by atoms with Gasteiger partial charge in [0.2, 0.25) is 5.91 Å². The number of nitrogens with zero attached hydrogens (tertiary/aromatic N) is 2. The van der Waals surface area contributed by atoms with E-state index in [1.54, 1.807) is 38.2 Å². The minimum Gasteiger partial charge on any atom is -0.355 e. The van der Waals surface area contributed by atoms with Gasteiger partial charge < -0.3 is 10.2 Å². The second-order valence-electron chi connectivity index (χ2n) is 5.10. The fourth-order valence-corrected chi connectivity index (χ4v) is 1.89. The standard InChI is InChI=1S/C15H23N3O2/c1-11(15(20)17(3)4)18(5)10-12-6-8-13(9-7-12)14(19)16-2/h6-9,11H,10H2,1-5H3,(H,16,19)/t11-/m1/s1. The van der Waals surface area contributed by atoms with Gasteiger partial charge >= 0.3 is 0 Å². The predicted molar refractivity (Wildman–Crippen MR) is 79.5 cm³/mol. The van der Waals surface area contributed by atoms with Gasteiger partial charge in [0.25, 0.3) is 5.91 Å². The van der Waals surface area contributed by atoms with Crippen molar-refractivity contribution < 1.29 is 9.59 Å². The summed E-state index contributed by atoms with van der Waals surface area (Å²) in [6, 6.07) is 7.23. The third kappa shape index (κ3) is 4.06. The molecule has 0 unspecified atom stereocenters. The van der Waals surface area contributed by atoms with E-state index in [9.17, 15) is 9.59 Å². The number of carbonyl (C=O) groups is 2. The molecule has 0 aromatic heterocycles. The molecule has 0 heterocycles. The summed E-state index contributed by atoms with van der Waals surface area (Å²) in [6.45, 7) is 2.55. The number of rotatable bonds is 5. The molecule has 0 bridgehead atoms. The monoisotopic (exact) mass is 277 g/mol. The Morgan fingerprint density at radius 1 is 1.15 bits per heavy atom. The zero-order valence-corrected chi connectivity index (χ0v) is 12.8. The maximum absolute atomic E-state index is 11.9. The molecule has 5 nitrogen and oxygen atoms in total. The van der Waals surface area contributed by atoms with Gasteiger partial charge in [0.05, 0.1) is 6.04 Å². The minimum atomic E-state index is -0.177. The van der Waals surface area contributed by atoms with Crippen LogP contribution in [0.5, 0.6) is 0 Å². The molecule has 0 radical (unpaired) electrons. The van der Waals surface area contributed by atoms with Crippen LogP contribution in [0.3, 0.4) is 0 Å². The molecule has 110 valence electrons. The summed E-state index contributed by atoms with van der Waals surface area (Å²) in [5.74, 6) is -0.0180. The lowest BCUT2D eigenvalue weighted by Crippen LogP contribution is -2.42. The summed E-state index contributed by atoms with van der Waals surface area (Å²) >= 11 is 0. The van der Waals surface area contributed by atoms with Gasteiger partial charge in [0.1, 0.15) is 0 Å². The molecule has 1 rings (SSSR count). The molecule has 1 atom stereocenters. The lowest BCUT2D eigenvalue weighted by Gasteiger charge is -2.26. The van der Waals surface area contributed by atoms with Crippen LogP contribution in [0.4, 0.5) is 0 Å². The highest BCUT2D eigenvalue weighted by Gasteiger charge is 2.19. The molecular weight excluding hydrogens is 254 g/mol. The molecule has 0 fully saturated rings. The van der Waals surface area contributed by atoms with E-state index in [1.165, 1.54) is 0 Å². The molecule has 0 aliphatic carbocycles. The average Bonchev–Trinajstić information content (AvgIpc) is 2.45. The number of hydrogen-bond acceptors (Lipinski definition) is 3. The van der Waals surface area contributed by atoms with Crippen LogP contribution in [0.15, 0.2) is 24.3 Å². The molecule has 5 heteroatoms. The molecule has 0 aliphatic heterocycles. The fraction of sp³-hybridized carbons (Fsp3) is 0.467. The molecule has 0 saturated heterocycles. The maximum Gasteiger partial charge on any atom is 0.251 e. The van der Waals surface area contributed by atoms with Crippen molar-refractivity contribution in [2.45, 2.75) is 19.5 Å². The van der Waals surface area contributed by atoms with Crippen LogP contribution in [0, 0.1) is 0 Å². The lowest BCUT2D eigenvalue weighted by molar-refractivity contribution is -0.133. The smallest absolute Gasteiger partial charge is 0.251 e. The molecule has 2 amide bonds. The number of likely N-dealkylation sites (N-methyl/N-ethyl adjacent to an activating group) is 2. The maximum atomic E-state index is 11.9. The number of carbonyl (C=O) groups excluding carboxylic acids is 2. The van der Waals surface area contributed by atoms with Gasteiger partial charge in [-0.1, -0.05) is 12.1 Å². The van der Waals surface area contributed by atoms with E-state index < -0.39 is 0 Å². The number of nitrogens with one attached hydrogen (secondary N) is 1. The lowest BCUT2D eigenvalue weighted by atomic mass is 10.1. The van der Waals surface area contributed by atoms with Gasteiger partial charge in [-0.05, 0) is 31.7 Å². The Morgan fingerprint density at radius 3 is 2.15 bits per heavy atom. The van der Waals surface area contributed by atoms with Crippen molar-refractivity contribution in [3.8, 4) is 0 Å². The molecule has 0 saturated carbocycles. The highest BCUT2D eigenvalue weighted by molar-refractivity contribution is 5.93. The largest absolute Gasteiger partial charge is 0.355 e. The van der Waals surface area contributed by atoms with Gasteiger partial charge in [-0.15, -0.1) is 0 Å². The van der Waals surface area contributed by atoms with E-state index in [2.05, 4.69) is 5.32 Å². The van der Waals surface area contributed by atoms with Crippen molar-refractivity contribution >= 4 is 11.8 Å². The third-order valence-corrected chi connectivity index (χ3v) is 3.33. The van der Waals surface area contributed by atoms with E-state index in [-0.39, 0.29) is 17.9 Å². The van der Waals surface area contributed by atoms with Gasteiger partial charge in [0.15, 0.2) is 0 Å². The molecule has 1 aromatic rings. The molecule has 1 aromatic carbocycles. The summed E-state index contributed by atoms with van der Waals surface area (Å²) in [6.07, 6.45) is 0. The van der Waals surface area contributed by atoms with Crippen molar-refractivity contribution in [1.82, 2.24) is 15.1 Å². The van der Waals surface area contributed by atoms with Crippen LogP contribution < -0.4 is 5.32 Å². The molecule has 1 N–H and O–H groups in total. The van der Waals surface area contributed by atoms with Crippen molar-refractivity contribution in [3.63, 3.8) is 0 Å². The van der Waals surface area contributed by atoms with E-state index in [4.69, 9.17) is 0 Å². The quantitative estimate of drug-likeness (QED) is 0.872. The SMILES string of the molecule is CNC(=O)c1ccc(CN(C)[C@H](C)C(=O)N(C)C)cc1. The first-order valence-electron chi connectivity index (χ1n) is 6.59. The van der Waals surface area contributed by atoms with E-state index in [0.717, 1.165) is 5.56 Å². The number of hydrogen-bond donors (Lipinski definition) is 1. The Kier molecular flexibility index (Phi) is 5.70. The Morgan fingerprint density at radius 2 is 1.70 bits per heavy atom. The van der Waals surface area contributed by atoms with Gasteiger partial charge in [-0.3, -0.25) is 14.5 Å². The Labute approximate surface area is 120 Å². The normalized spacial score (nSPS) is 12.1. The van der Waals surface area contributed by atoms with Crippen LogP contribution in [0.1, 0.15) is 22.8 Å². The molecule has 20 heavy (non-hydrogen) atoms. The summed E-state index contributed by atoms with van der Waals surface area (Å²) < 4.78 is 0. The highest BCUT2D eigenvalue weighted by Crippen LogP contribution is 2.09. The third-order valence-electron chi connectivity index (χ3n) is 3.33. The number of amides is 2. The first-order chi connectivity index (χ1) is 9.36. The second-order valence-corrected chi connectivity index (χ2v) is 5.10. The average molecular weight is 277 g/mol. The highest BCUT2D eigenvalue weighted by atomic mass is 16.2. The Bertz CT molecular complexity index is 469. The van der Waals surface area contributed by atoms with Crippen LogP contribution in [-0.2, 0) is 11.3 Å². The summed E-state index contributed by atoms with van der Waals surface area (Å²) in [5.41, 5.74) is 1.70. The second kappa shape index (κ2) is 7.05. The van der Waals surface area contributed by atoms with Crippen molar-refractivity contribution in [2.75, 3.05) is 28.2 Å². The predicted octanol–water partition coefficient (Wildman–Crippen LogP) is 0.955. The van der Waals surface area contributed by atoms with E-state index >= 15 is 0 Å². The summed E-state index contributed by atoms with van der Waals surface area (Å²) in [5, 5.41) is 2.59. The van der Waals surface area contributed by atoms with Crippen LogP contribution in [0.2, 0.25) is 0 Å². The topological polar surface area (TPSA) is 52.7 Å². The molecule has 0 spiro atoms. The van der Waals surface area contributed by atoms with Crippen LogP contribution in [-0.4, -0.2) is 55.8 Å². The van der Waals surface area contributed by atoms with Crippen LogP contribution in [0.25, 0.3) is 0 Å². The minimum absolute atomic E-state index is 0.0782. The zero-order valence-electron chi connectivity index (χ0n) is 12.8. The summed E-state index contributed by atoms with van der Waals surface area (Å²) in [4.78, 5) is 26.9. The van der Waals surface area contributed by atoms with Gasteiger partial charge in [0, 0.05) is 33.3 Å². The number of benzene rings is 1. The Balaban J connectivity index is 2.69. The van der Waals surface area contributed by atoms with E-state index in [1.807, 2.05) is 31.0 Å². The summed E-state index contributed by atoms with van der Waals surface area (Å²) in [7, 11) is 7.03. The first kappa shape index (κ1) is 16.2. The fourth-order valence-electron chi connectivity index (χ4n) is 1.89. The van der Waals surface area contributed by atoms with Gasteiger partial charge in [-0.2, -0.15) is 0 Å². The van der Waals surface area contributed by atoms with Crippen LogP contribution >= 0.6 is 0 Å². The van der Waals surface area contributed by atoms with Gasteiger partial charge in [-0.25, -0.2) is 0 Å². The zero-order chi connectivity index (χ0) is 15.3. The first-order valence-corrected chi connectivity index (χ1v) is 6.59. The van der Waals surface area contributed by atoms with Crippen molar-refractivity contribution in [2.24, 2.45) is 0 Å². The Hall–Kier alpha value is -1.88. The molecular formula is C15H23N3O2. The van der Waals surface area contributed by atoms with E-state index in [0.29, 0.717) is 12.1 Å². The van der Waals surface area contributed by atoms with Crippen molar-refractivity contribution in [1.29, 1.82) is 0 Å². The molecule has 0 aliphatic rings. The van der Waals surface area contributed by atoms with Crippen molar-refractivity contribution in [3.05, 3.63) is 35.4 Å².